The molecule has 0 aliphatic heterocycles. The van der Waals surface area contributed by atoms with Gasteiger partial charge in [0.15, 0.2) is 5.82 Å². The van der Waals surface area contributed by atoms with Gasteiger partial charge < -0.3 is 0 Å². The fourth-order valence-electron chi connectivity index (χ4n) is 0.857. The van der Waals surface area contributed by atoms with Crippen LogP contribution in [0.2, 0.25) is 0 Å². The third-order valence-electron chi connectivity index (χ3n) is 1.42. The van der Waals surface area contributed by atoms with Crippen LogP contribution in [-0.4, -0.2) is 20.1 Å². The number of thiocarbonyl (C=S) groups is 1. The molecule has 0 bridgehead atoms. The van der Waals surface area contributed by atoms with Gasteiger partial charge in [0.1, 0.15) is 0 Å². The van der Waals surface area contributed by atoms with E-state index in [1.54, 1.807) is 0 Å². The first-order chi connectivity index (χ1) is 6.56. The van der Waals surface area contributed by atoms with Gasteiger partial charge in [0.25, 0.3) is 0 Å². The summed E-state index contributed by atoms with van der Waals surface area (Å²) in [6.07, 6.45) is 0. The Bertz CT molecular complexity index is 490. The molecular weight excluding hydrogens is 226 g/mol. The van der Waals surface area contributed by atoms with E-state index in [0.717, 1.165) is 4.57 Å². The summed E-state index contributed by atoms with van der Waals surface area (Å²) in [5.74, 6) is 0.173. The molecule has 1 aromatic rings. The lowest BCUT2D eigenvalue weighted by atomic mass is 10.5. The summed E-state index contributed by atoms with van der Waals surface area (Å²) in [5.41, 5.74) is -1.57. The molecule has 0 saturated heterocycles. The lowest BCUT2D eigenvalue weighted by molar-refractivity contribution is 0.692. The zero-order chi connectivity index (χ0) is 10.7. The summed E-state index contributed by atoms with van der Waals surface area (Å²) in [6, 6.07) is 0. The Kier molecular flexibility index (Phi) is 3.32. The van der Waals surface area contributed by atoms with Crippen LogP contribution in [0.3, 0.4) is 0 Å². The van der Waals surface area contributed by atoms with Crippen molar-refractivity contribution in [3.05, 3.63) is 38.1 Å². The molecule has 0 radical (unpaired) electrons. The van der Waals surface area contributed by atoms with E-state index in [9.17, 15) is 9.59 Å². The second-order valence-corrected chi connectivity index (χ2v) is 3.21. The van der Waals surface area contributed by atoms with E-state index in [4.69, 9.17) is 11.6 Å². The molecule has 1 aromatic heterocycles. The van der Waals surface area contributed by atoms with Gasteiger partial charge in [-0.25, -0.2) is 5.10 Å². The summed E-state index contributed by atoms with van der Waals surface area (Å²) in [7, 11) is 0. The second kappa shape index (κ2) is 4.30. The Balaban J connectivity index is 3.43. The first kappa shape index (κ1) is 10.8. The predicted molar refractivity (Wildman–Crippen MR) is 56.9 cm³/mol. The van der Waals surface area contributed by atoms with Gasteiger partial charge >= 0.3 is 11.1 Å². The highest BCUT2D eigenvalue weighted by atomic mass is 35.5. The van der Waals surface area contributed by atoms with Crippen molar-refractivity contribution >= 4 is 29.2 Å². The molecule has 74 valence electrons. The average molecular weight is 232 g/mol. The van der Waals surface area contributed by atoms with Gasteiger partial charge in [-0.05, 0) is 0 Å². The maximum Gasteiger partial charge on any atom is 0.330 e. The van der Waals surface area contributed by atoms with Gasteiger partial charge in [0.05, 0.1) is 6.54 Å². The van der Waals surface area contributed by atoms with Crippen LogP contribution in [0.1, 0.15) is 5.82 Å². The maximum atomic E-state index is 11.3. The molecule has 0 unspecified atom stereocenters. The van der Waals surface area contributed by atoms with Crippen LogP contribution in [0.5, 0.6) is 0 Å². The molecule has 0 aliphatic rings. The molecule has 0 atom stereocenters. The number of aromatic nitrogens is 3. The zero-order valence-corrected chi connectivity index (χ0v) is 8.56. The lowest BCUT2D eigenvalue weighted by Gasteiger charge is -2.04. The number of nitrogens with one attached hydrogen (secondary N) is 1. The van der Waals surface area contributed by atoms with E-state index >= 15 is 0 Å². The monoisotopic (exact) mass is 231 g/mol. The fraction of sp³-hybridized carbons (Fsp3) is 0.143. The molecule has 0 saturated carbocycles. The van der Waals surface area contributed by atoms with E-state index in [0.29, 0.717) is 0 Å². The molecule has 7 heteroatoms. The Morgan fingerprint density at radius 2 is 2.36 bits per heavy atom. The van der Waals surface area contributed by atoms with Crippen molar-refractivity contribution in [1.29, 1.82) is 0 Å². The number of H-pyrrole nitrogens is 1. The predicted octanol–water partition coefficient (Wildman–Crippen LogP) is 0.0319. The van der Waals surface area contributed by atoms with Gasteiger partial charge in [-0.15, -0.1) is 0 Å². The number of halogens is 1. The van der Waals surface area contributed by atoms with Gasteiger partial charge in [-0.3, -0.25) is 14.2 Å². The number of hydrogen-bond acceptors (Lipinski definition) is 4. The fourth-order valence-corrected chi connectivity index (χ4v) is 1.16. The number of rotatable bonds is 3. The highest BCUT2D eigenvalue weighted by molar-refractivity contribution is 7.79. The van der Waals surface area contributed by atoms with Crippen LogP contribution < -0.4 is 11.1 Å². The summed E-state index contributed by atoms with van der Waals surface area (Å²) in [4.78, 5) is 22.2. The van der Waals surface area contributed by atoms with E-state index < -0.39 is 11.1 Å². The molecule has 0 aromatic carbocycles. The summed E-state index contributed by atoms with van der Waals surface area (Å²) in [6.45, 7) is 3.43. The van der Waals surface area contributed by atoms with Crippen LogP contribution in [0, 0.1) is 0 Å². The van der Waals surface area contributed by atoms with Crippen LogP contribution in [0.15, 0.2) is 21.2 Å². The normalized spacial score (nSPS) is 9.79. The Morgan fingerprint density at radius 1 is 1.71 bits per heavy atom. The average Bonchev–Trinajstić information content (AvgIpc) is 2.13. The lowest BCUT2D eigenvalue weighted by Crippen LogP contribution is -2.39. The van der Waals surface area contributed by atoms with E-state index in [1.807, 2.05) is 5.10 Å². The van der Waals surface area contributed by atoms with Crippen molar-refractivity contribution in [2.45, 2.75) is 6.54 Å². The Morgan fingerprint density at radius 3 is 2.86 bits per heavy atom. The number of hydrogen-bond donors (Lipinski definition) is 1. The quantitative estimate of drug-likeness (QED) is 0.589. The van der Waals surface area contributed by atoms with Gasteiger partial charge in [-0.2, -0.15) is 5.10 Å². The standard InChI is InChI=1S/C7H6ClN3O2S/c1-4(8)2-11-5(3-14)9-10-6(12)7(11)13/h3H,1-2H2,(H,10,12). The first-order valence-corrected chi connectivity index (χ1v) is 4.39. The van der Waals surface area contributed by atoms with Crippen molar-refractivity contribution < 1.29 is 0 Å². The molecule has 1 N–H and O–H groups in total. The third-order valence-corrected chi connectivity index (χ3v) is 1.75. The Labute approximate surface area is 89.0 Å². The molecule has 0 aliphatic carbocycles. The second-order valence-electron chi connectivity index (χ2n) is 2.44. The zero-order valence-electron chi connectivity index (χ0n) is 6.99. The molecule has 1 heterocycles. The van der Waals surface area contributed by atoms with E-state index in [-0.39, 0.29) is 17.4 Å². The minimum Gasteiger partial charge on any atom is -0.281 e. The van der Waals surface area contributed by atoms with Crippen LogP contribution in [0.4, 0.5) is 0 Å². The highest BCUT2D eigenvalue weighted by Crippen LogP contribution is 1.99. The summed E-state index contributed by atoms with van der Waals surface area (Å²) >= 11 is 10.1. The summed E-state index contributed by atoms with van der Waals surface area (Å²) in [5, 5.41) is 7.00. The molecule has 1 rings (SSSR count). The molecule has 0 spiro atoms. The molecule has 5 nitrogen and oxygen atoms in total. The number of nitrogens with zero attached hydrogens (tertiary/aromatic N) is 2. The first-order valence-electron chi connectivity index (χ1n) is 3.54. The molecule has 0 amide bonds. The number of allylic oxidation sites excluding steroid dienone is 1. The minimum absolute atomic E-state index is 0.0137. The smallest absolute Gasteiger partial charge is 0.281 e. The van der Waals surface area contributed by atoms with Crippen molar-refractivity contribution in [1.82, 2.24) is 14.8 Å². The highest BCUT2D eigenvalue weighted by Gasteiger charge is 2.06. The minimum atomic E-state index is -0.816. The van der Waals surface area contributed by atoms with Crippen molar-refractivity contribution in [3.63, 3.8) is 0 Å². The molecule has 14 heavy (non-hydrogen) atoms. The topological polar surface area (TPSA) is 67.8 Å². The largest absolute Gasteiger partial charge is 0.330 e. The van der Waals surface area contributed by atoms with Crippen molar-refractivity contribution in [3.8, 4) is 0 Å². The van der Waals surface area contributed by atoms with Gasteiger partial charge in [0, 0.05) is 10.4 Å². The van der Waals surface area contributed by atoms with E-state index in [1.165, 1.54) is 5.37 Å². The van der Waals surface area contributed by atoms with Gasteiger partial charge in [-0.1, -0.05) is 30.4 Å². The van der Waals surface area contributed by atoms with Crippen molar-refractivity contribution in [2.75, 3.05) is 0 Å². The van der Waals surface area contributed by atoms with Crippen LogP contribution in [-0.2, 0) is 6.54 Å². The number of aromatic amines is 1. The van der Waals surface area contributed by atoms with Crippen molar-refractivity contribution in [2.24, 2.45) is 0 Å². The van der Waals surface area contributed by atoms with Crippen LogP contribution >= 0.6 is 23.8 Å². The SMILES string of the molecule is C=C(Cl)Cn1c(C=S)n[nH]c(=O)c1=O. The third kappa shape index (κ3) is 2.15. The van der Waals surface area contributed by atoms with Crippen LogP contribution in [0.25, 0.3) is 0 Å². The molecule has 0 fully saturated rings. The Hall–Kier alpha value is -1.27. The maximum absolute atomic E-state index is 11.3. The van der Waals surface area contributed by atoms with Gasteiger partial charge in [0.2, 0.25) is 0 Å². The summed E-state index contributed by atoms with van der Waals surface area (Å²) < 4.78 is 1.06. The van der Waals surface area contributed by atoms with E-state index in [2.05, 4.69) is 23.9 Å². The molecular formula is C7H6ClN3O2S.